The molecule has 0 unspecified atom stereocenters. The van der Waals surface area contributed by atoms with E-state index in [9.17, 15) is 19.2 Å². The van der Waals surface area contributed by atoms with E-state index in [1.165, 1.54) is 31.6 Å². The van der Waals surface area contributed by atoms with Gasteiger partial charge in [0.25, 0.3) is 11.8 Å². The summed E-state index contributed by atoms with van der Waals surface area (Å²) in [5, 5.41) is 8.26. The van der Waals surface area contributed by atoms with Crippen molar-refractivity contribution in [1.82, 2.24) is 25.9 Å². The second-order valence-corrected chi connectivity index (χ2v) is 9.20. The number of carbonyl (C=O) groups excluding carboxylic acids is 4. The van der Waals surface area contributed by atoms with Crippen molar-refractivity contribution < 1.29 is 28.7 Å². The lowest BCUT2D eigenvalue weighted by molar-refractivity contribution is -0.148. The number of methoxy groups -OCH3 is 1. The normalized spacial score (nSPS) is 18.7. The monoisotopic (exact) mass is 483 g/mol. The van der Waals surface area contributed by atoms with Gasteiger partial charge in [-0.3, -0.25) is 19.6 Å². The SMILES string of the molecule is COC(=O)C1(NC(=O)OC(C)(C)C)C[C@@H](NC(=O)c2ccccn2)[C@H](NC(=O)c2ccccn2)C1. The van der Waals surface area contributed by atoms with Gasteiger partial charge in [-0.15, -0.1) is 0 Å². The van der Waals surface area contributed by atoms with Crippen molar-refractivity contribution >= 4 is 23.9 Å². The Bertz CT molecular complexity index is 1010. The van der Waals surface area contributed by atoms with Crippen LogP contribution in [0.15, 0.2) is 48.8 Å². The Kier molecular flexibility index (Phi) is 7.68. The van der Waals surface area contributed by atoms with Gasteiger partial charge >= 0.3 is 12.1 Å². The highest BCUT2D eigenvalue weighted by molar-refractivity contribution is 5.94. The summed E-state index contributed by atoms with van der Waals surface area (Å²) >= 11 is 0. The van der Waals surface area contributed by atoms with Gasteiger partial charge in [0.1, 0.15) is 22.5 Å². The summed E-state index contributed by atoms with van der Waals surface area (Å²) in [5.74, 6) is -1.72. The number of rotatable bonds is 6. The topological polar surface area (TPSA) is 149 Å². The minimum absolute atomic E-state index is 0.0509. The molecule has 0 radical (unpaired) electrons. The van der Waals surface area contributed by atoms with E-state index in [0.717, 1.165) is 0 Å². The minimum atomic E-state index is -1.55. The van der Waals surface area contributed by atoms with Crippen LogP contribution in [0.25, 0.3) is 0 Å². The Morgan fingerprint density at radius 2 is 1.37 bits per heavy atom. The lowest BCUT2D eigenvalue weighted by Gasteiger charge is -2.29. The first-order chi connectivity index (χ1) is 16.5. The predicted molar refractivity (Wildman–Crippen MR) is 124 cm³/mol. The fourth-order valence-electron chi connectivity index (χ4n) is 3.91. The molecule has 11 nitrogen and oxygen atoms in total. The Hall–Kier alpha value is -4.02. The molecule has 1 fully saturated rings. The largest absolute Gasteiger partial charge is 0.467 e. The molecule has 0 aromatic carbocycles. The number of aromatic nitrogens is 2. The summed E-state index contributed by atoms with van der Waals surface area (Å²) in [6, 6.07) is 8.28. The average Bonchev–Trinajstić information content (AvgIpc) is 3.15. The molecule has 0 saturated heterocycles. The van der Waals surface area contributed by atoms with Gasteiger partial charge in [0.2, 0.25) is 0 Å². The molecule has 3 rings (SSSR count). The van der Waals surface area contributed by atoms with Gasteiger partial charge in [-0.1, -0.05) is 12.1 Å². The molecule has 2 heterocycles. The zero-order valence-electron chi connectivity index (χ0n) is 20.0. The van der Waals surface area contributed by atoms with Gasteiger partial charge in [0.15, 0.2) is 0 Å². The van der Waals surface area contributed by atoms with Crippen LogP contribution < -0.4 is 16.0 Å². The molecule has 0 spiro atoms. The van der Waals surface area contributed by atoms with E-state index >= 15 is 0 Å². The highest BCUT2D eigenvalue weighted by atomic mass is 16.6. The Labute approximate surface area is 203 Å². The predicted octanol–water partition coefficient (Wildman–Crippen LogP) is 1.60. The molecule has 1 aliphatic carbocycles. The number of alkyl carbamates (subject to hydrolysis) is 1. The minimum Gasteiger partial charge on any atom is -0.467 e. The lowest BCUT2D eigenvalue weighted by Crippen LogP contribution is -2.55. The van der Waals surface area contributed by atoms with Gasteiger partial charge in [-0.05, 0) is 45.0 Å². The number of ether oxygens (including phenoxy) is 2. The van der Waals surface area contributed by atoms with Crippen molar-refractivity contribution in [3.8, 4) is 0 Å². The first-order valence-corrected chi connectivity index (χ1v) is 11.1. The quantitative estimate of drug-likeness (QED) is 0.525. The van der Waals surface area contributed by atoms with Crippen LogP contribution in [0.2, 0.25) is 0 Å². The van der Waals surface area contributed by atoms with Crippen LogP contribution >= 0.6 is 0 Å². The van der Waals surface area contributed by atoms with Crippen molar-refractivity contribution in [1.29, 1.82) is 0 Å². The summed E-state index contributed by atoms with van der Waals surface area (Å²) in [7, 11) is 1.20. The maximum Gasteiger partial charge on any atom is 0.408 e. The molecule has 3 N–H and O–H groups in total. The molecular weight excluding hydrogens is 454 g/mol. The molecule has 0 aliphatic heterocycles. The molecule has 3 amide bonds. The summed E-state index contributed by atoms with van der Waals surface area (Å²) in [6.45, 7) is 5.08. The Morgan fingerprint density at radius 3 is 1.74 bits per heavy atom. The molecule has 1 saturated carbocycles. The summed E-state index contributed by atoms with van der Waals surface area (Å²) < 4.78 is 10.3. The number of carbonyl (C=O) groups is 4. The molecule has 186 valence electrons. The molecule has 1 aliphatic rings. The van der Waals surface area contributed by atoms with E-state index < -0.39 is 47.1 Å². The van der Waals surface area contributed by atoms with Crippen LogP contribution in [0.4, 0.5) is 4.79 Å². The lowest BCUT2D eigenvalue weighted by atomic mass is 9.97. The molecule has 0 bridgehead atoms. The van der Waals surface area contributed by atoms with Crippen molar-refractivity contribution in [2.24, 2.45) is 0 Å². The van der Waals surface area contributed by atoms with Crippen LogP contribution in [-0.2, 0) is 14.3 Å². The highest BCUT2D eigenvalue weighted by Crippen LogP contribution is 2.33. The van der Waals surface area contributed by atoms with E-state index in [0.29, 0.717) is 0 Å². The third kappa shape index (κ3) is 6.52. The fraction of sp³-hybridized carbons (Fsp3) is 0.417. The van der Waals surface area contributed by atoms with E-state index in [2.05, 4.69) is 25.9 Å². The molecule has 2 atom stereocenters. The van der Waals surface area contributed by atoms with Gasteiger partial charge in [-0.2, -0.15) is 0 Å². The van der Waals surface area contributed by atoms with Crippen molar-refractivity contribution in [3.05, 3.63) is 60.2 Å². The first-order valence-electron chi connectivity index (χ1n) is 11.1. The van der Waals surface area contributed by atoms with E-state index in [1.807, 2.05) is 0 Å². The molecule has 11 heteroatoms. The molecule has 35 heavy (non-hydrogen) atoms. The van der Waals surface area contributed by atoms with Crippen LogP contribution in [0.3, 0.4) is 0 Å². The number of nitrogens with one attached hydrogen (secondary N) is 3. The number of nitrogens with zero attached hydrogens (tertiary/aromatic N) is 2. The third-order valence-electron chi connectivity index (χ3n) is 5.37. The standard InChI is InChI=1S/C24H29N5O6/c1-23(2,3)35-22(33)29-24(21(32)34-4)13-17(27-19(30)15-9-5-7-11-25-15)18(14-24)28-20(31)16-10-6-8-12-26-16/h5-12,17-18H,13-14H2,1-4H3,(H,27,30)(H,28,31)(H,29,33)/t17-,18-/m1/s1. The maximum atomic E-state index is 12.9. The number of hydrogen-bond donors (Lipinski definition) is 3. The second kappa shape index (κ2) is 10.5. The number of esters is 1. The summed E-state index contributed by atoms with van der Waals surface area (Å²) in [5.41, 5.74) is -2.03. The number of amides is 3. The zero-order valence-corrected chi connectivity index (χ0v) is 20.0. The molecule has 2 aromatic heterocycles. The summed E-state index contributed by atoms with van der Waals surface area (Å²) in [6.07, 6.45) is 2.03. The van der Waals surface area contributed by atoms with Crippen LogP contribution in [0, 0.1) is 0 Å². The van der Waals surface area contributed by atoms with Gasteiger partial charge in [0, 0.05) is 25.2 Å². The first kappa shape index (κ1) is 25.6. The number of hydrogen-bond acceptors (Lipinski definition) is 8. The average molecular weight is 484 g/mol. The van der Waals surface area contributed by atoms with Crippen LogP contribution in [-0.4, -0.2) is 64.2 Å². The van der Waals surface area contributed by atoms with Crippen LogP contribution in [0.1, 0.15) is 54.6 Å². The van der Waals surface area contributed by atoms with E-state index in [-0.39, 0.29) is 24.2 Å². The smallest absolute Gasteiger partial charge is 0.408 e. The maximum absolute atomic E-state index is 12.9. The van der Waals surface area contributed by atoms with Crippen LogP contribution in [0.5, 0.6) is 0 Å². The van der Waals surface area contributed by atoms with Gasteiger partial charge in [-0.25, -0.2) is 9.59 Å². The zero-order chi connectivity index (χ0) is 25.6. The fourth-order valence-corrected chi connectivity index (χ4v) is 3.91. The molecule has 2 aromatic rings. The third-order valence-corrected chi connectivity index (χ3v) is 5.37. The highest BCUT2D eigenvalue weighted by Gasteiger charge is 2.54. The molecular formula is C24H29N5O6. The van der Waals surface area contributed by atoms with Crippen molar-refractivity contribution in [2.45, 2.75) is 56.8 Å². The van der Waals surface area contributed by atoms with Crippen molar-refractivity contribution in [2.75, 3.05) is 7.11 Å². The van der Waals surface area contributed by atoms with Crippen molar-refractivity contribution in [3.63, 3.8) is 0 Å². The Balaban J connectivity index is 1.89. The van der Waals surface area contributed by atoms with E-state index in [4.69, 9.17) is 9.47 Å². The van der Waals surface area contributed by atoms with Gasteiger partial charge in [0.05, 0.1) is 19.2 Å². The number of pyridine rings is 2. The van der Waals surface area contributed by atoms with Gasteiger partial charge < -0.3 is 25.4 Å². The van der Waals surface area contributed by atoms with E-state index in [1.54, 1.807) is 45.0 Å². The Morgan fingerprint density at radius 1 is 0.886 bits per heavy atom. The summed E-state index contributed by atoms with van der Waals surface area (Å²) in [4.78, 5) is 59.3. The second-order valence-electron chi connectivity index (χ2n) is 9.20.